The molecule has 1 fully saturated rings. The second-order valence-electron chi connectivity index (χ2n) is 6.36. The summed E-state index contributed by atoms with van der Waals surface area (Å²) < 4.78 is 5.65. The van der Waals surface area contributed by atoms with E-state index in [9.17, 15) is 4.79 Å². The Morgan fingerprint density at radius 1 is 1.27 bits per heavy atom. The first-order chi connectivity index (χ1) is 10.1. The normalized spacial score (nSPS) is 17.1. The molecule has 1 atom stereocenters. The number of amides is 1. The van der Waals surface area contributed by atoms with Crippen molar-refractivity contribution in [2.24, 2.45) is 5.92 Å². The average molecular weight is 336 g/mol. The molecule has 1 amide bonds. The van der Waals surface area contributed by atoms with Crippen molar-refractivity contribution in [3.63, 3.8) is 0 Å². The van der Waals surface area contributed by atoms with Crippen LogP contribution in [0.1, 0.15) is 40.0 Å². The van der Waals surface area contributed by atoms with Crippen molar-refractivity contribution < 1.29 is 9.53 Å². The van der Waals surface area contributed by atoms with E-state index in [1.165, 1.54) is 0 Å². The summed E-state index contributed by atoms with van der Waals surface area (Å²) in [7, 11) is 0. The number of carbonyl (C=O) groups excluding carboxylic acids is 1. The lowest BCUT2D eigenvalue weighted by molar-refractivity contribution is -0.122. The van der Waals surface area contributed by atoms with Gasteiger partial charge in [0.05, 0.1) is 12.7 Å². The molecule has 0 aliphatic carbocycles. The summed E-state index contributed by atoms with van der Waals surface area (Å²) >= 11 is 0. The fourth-order valence-corrected chi connectivity index (χ4v) is 2.64. The summed E-state index contributed by atoms with van der Waals surface area (Å²) in [4.78, 5) is 14.1. The highest BCUT2D eigenvalue weighted by Crippen LogP contribution is 2.07. The Labute approximate surface area is 141 Å². The van der Waals surface area contributed by atoms with Gasteiger partial charge in [-0.15, -0.1) is 12.4 Å². The predicted octanol–water partition coefficient (Wildman–Crippen LogP) is 1.66. The van der Waals surface area contributed by atoms with Crippen molar-refractivity contribution in [1.29, 1.82) is 0 Å². The molecule has 2 N–H and O–H groups in total. The molecule has 132 valence electrons. The molecule has 0 aromatic carbocycles. The number of carbonyl (C=O) groups is 1. The molecule has 1 rings (SSSR count). The van der Waals surface area contributed by atoms with E-state index in [1.54, 1.807) is 0 Å². The van der Waals surface area contributed by atoms with Gasteiger partial charge in [-0.25, -0.2) is 0 Å². The van der Waals surface area contributed by atoms with Gasteiger partial charge < -0.3 is 20.3 Å². The highest BCUT2D eigenvalue weighted by atomic mass is 35.5. The number of hydrogen-bond acceptors (Lipinski definition) is 4. The van der Waals surface area contributed by atoms with E-state index in [-0.39, 0.29) is 24.4 Å². The lowest BCUT2D eigenvalue weighted by atomic mass is 10.1. The fraction of sp³-hybridized carbons (Fsp3) is 0.938. The Hall–Kier alpha value is -0.360. The Kier molecular flexibility index (Phi) is 12.9. The second kappa shape index (κ2) is 13.1. The molecule has 0 bridgehead atoms. The summed E-state index contributed by atoms with van der Waals surface area (Å²) in [5.74, 6) is 0.742. The average Bonchev–Trinajstić information content (AvgIpc) is 2.44. The van der Waals surface area contributed by atoms with E-state index in [2.05, 4.69) is 36.3 Å². The molecule has 22 heavy (non-hydrogen) atoms. The van der Waals surface area contributed by atoms with Crippen LogP contribution in [-0.2, 0) is 9.53 Å². The third-order valence-corrected chi connectivity index (χ3v) is 3.72. The monoisotopic (exact) mass is 335 g/mol. The maximum atomic E-state index is 11.7. The van der Waals surface area contributed by atoms with Gasteiger partial charge in [0, 0.05) is 39.1 Å². The number of hydrogen-bond donors (Lipinski definition) is 2. The summed E-state index contributed by atoms with van der Waals surface area (Å²) in [6.45, 7) is 13.2. The van der Waals surface area contributed by atoms with Gasteiger partial charge in [0.25, 0.3) is 0 Å². The van der Waals surface area contributed by atoms with E-state index >= 15 is 0 Å². The maximum absolute atomic E-state index is 11.7. The summed E-state index contributed by atoms with van der Waals surface area (Å²) in [6.07, 6.45) is 2.78. The molecular weight excluding hydrogens is 302 g/mol. The predicted molar refractivity (Wildman–Crippen MR) is 93.7 cm³/mol. The van der Waals surface area contributed by atoms with E-state index in [4.69, 9.17) is 4.74 Å². The van der Waals surface area contributed by atoms with Gasteiger partial charge in [0.1, 0.15) is 0 Å². The van der Waals surface area contributed by atoms with Gasteiger partial charge in [-0.3, -0.25) is 4.79 Å². The SMILES string of the molecule is CC(C)CC(C)OCCC(=O)NCCCN1CCNCC1.Cl. The van der Waals surface area contributed by atoms with Crippen molar-refractivity contribution in [3.05, 3.63) is 0 Å². The molecule has 1 aliphatic heterocycles. The molecule has 0 radical (unpaired) electrons. The van der Waals surface area contributed by atoms with Crippen LogP contribution in [-0.4, -0.2) is 62.8 Å². The number of rotatable bonds is 10. The van der Waals surface area contributed by atoms with Gasteiger partial charge in [-0.05, 0) is 32.2 Å². The van der Waals surface area contributed by atoms with E-state index in [0.29, 0.717) is 18.9 Å². The van der Waals surface area contributed by atoms with Crippen LogP contribution in [0.2, 0.25) is 0 Å². The summed E-state index contributed by atoms with van der Waals surface area (Å²) in [5.41, 5.74) is 0. The Balaban J connectivity index is 0.00000441. The quantitative estimate of drug-likeness (QED) is 0.596. The first-order valence-corrected chi connectivity index (χ1v) is 8.39. The minimum atomic E-state index is 0. The Bertz CT molecular complexity index is 285. The topological polar surface area (TPSA) is 53.6 Å². The lowest BCUT2D eigenvalue weighted by Gasteiger charge is -2.27. The highest BCUT2D eigenvalue weighted by Gasteiger charge is 2.09. The zero-order chi connectivity index (χ0) is 15.5. The van der Waals surface area contributed by atoms with Crippen LogP contribution >= 0.6 is 12.4 Å². The number of nitrogens with zero attached hydrogens (tertiary/aromatic N) is 1. The van der Waals surface area contributed by atoms with Gasteiger partial charge in [-0.1, -0.05) is 13.8 Å². The molecule has 1 saturated heterocycles. The molecule has 0 aromatic rings. The van der Waals surface area contributed by atoms with Crippen LogP contribution in [0.15, 0.2) is 0 Å². The standard InChI is InChI=1S/C16H33N3O2.ClH/c1-14(2)13-15(3)21-12-5-16(20)18-6-4-9-19-10-7-17-8-11-19;/h14-15,17H,4-13H2,1-3H3,(H,18,20);1H. The minimum absolute atomic E-state index is 0. The largest absolute Gasteiger partial charge is 0.378 e. The van der Waals surface area contributed by atoms with Gasteiger partial charge in [0.2, 0.25) is 5.91 Å². The third-order valence-electron chi connectivity index (χ3n) is 3.72. The third kappa shape index (κ3) is 11.2. The summed E-state index contributed by atoms with van der Waals surface area (Å²) in [6, 6.07) is 0. The Morgan fingerprint density at radius 3 is 2.59 bits per heavy atom. The molecule has 1 aliphatic rings. The van der Waals surface area contributed by atoms with Gasteiger partial charge in [-0.2, -0.15) is 0 Å². The number of halogens is 1. The molecule has 0 aromatic heterocycles. The van der Waals surface area contributed by atoms with Crippen LogP contribution in [0.3, 0.4) is 0 Å². The van der Waals surface area contributed by atoms with Crippen LogP contribution in [0.5, 0.6) is 0 Å². The van der Waals surface area contributed by atoms with Crippen LogP contribution in [0, 0.1) is 5.92 Å². The van der Waals surface area contributed by atoms with Crippen molar-refractivity contribution in [2.45, 2.75) is 46.1 Å². The number of ether oxygens (including phenoxy) is 1. The van der Waals surface area contributed by atoms with Gasteiger partial charge in [0.15, 0.2) is 0 Å². The van der Waals surface area contributed by atoms with E-state index in [1.807, 2.05) is 0 Å². The van der Waals surface area contributed by atoms with Crippen LogP contribution in [0.25, 0.3) is 0 Å². The molecular formula is C16H34ClN3O2. The van der Waals surface area contributed by atoms with Crippen molar-refractivity contribution in [1.82, 2.24) is 15.5 Å². The molecule has 6 heteroatoms. The van der Waals surface area contributed by atoms with Gasteiger partial charge >= 0.3 is 0 Å². The van der Waals surface area contributed by atoms with Crippen molar-refractivity contribution in [3.8, 4) is 0 Å². The maximum Gasteiger partial charge on any atom is 0.222 e. The second-order valence-corrected chi connectivity index (χ2v) is 6.36. The lowest BCUT2D eigenvalue weighted by Crippen LogP contribution is -2.44. The van der Waals surface area contributed by atoms with Crippen molar-refractivity contribution in [2.75, 3.05) is 45.9 Å². The summed E-state index contributed by atoms with van der Waals surface area (Å²) in [5, 5.41) is 6.32. The molecule has 1 heterocycles. The van der Waals surface area contributed by atoms with Crippen molar-refractivity contribution >= 4 is 18.3 Å². The fourth-order valence-electron chi connectivity index (χ4n) is 2.64. The highest BCUT2D eigenvalue weighted by molar-refractivity contribution is 5.85. The first-order valence-electron chi connectivity index (χ1n) is 8.39. The van der Waals surface area contributed by atoms with E-state index < -0.39 is 0 Å². The number of piperazine rings is 1. The zero-order valence-electron chi connectivity index (χ0n) is 14.4. The van der Waals surface area contributed by atoms with Crippen LogP contribution < -0.4 is 10.6 Å². The van der Waals surface area contributed by atoms with E-state index in [0.717, 1.165) is 52.1 Å². The molecule has 0 saturated carbocycles. The zero-order valence-corrected chi connectivity index (χ0v) is 15.2. The number of nitrogens with one attached hydrogen (secondary N) is 2. The molecule has 0 spiro atoms. The smallest absolute Gasteiger partial charge is 0.222 e. The van der Waals surface area contributed by atoms with Crippen LogP contribution in [0.4, 0.5) is 0 Å². The molecule has 1 unspecified atom stereocenters. The minimum Gasteiger partial charge on any atom is -0.378 e. The Morgan fingerprint density at radius 2 is 1.95 bits per heavy atom. The first kappa shape index (κ1) is 21.6. The molecule has 5 nitrogen and oxygen atoms in total.